The summed E-state index contributed by atoms with van der Waals surface area (Å²) in [4.78, 5) is 24.0. The van der Waals surface area contributed by atoms with Crippen LogP contribution >= 0.6 is 11.6 Å². The third-order valence-electron chi connectivity index (χ3n) is 6.44. The second kappa shape index (κ2) is 10.6. The first-order valence-corrected chi connectivity index (χ1v) is 12.5. The zero-order chi connectivity index (χ0) is 26.9. The molecule has 0 atom stereocenters. The fourth-order valence-corrected chi connectivity index (χ4v) is 4.82. The lowest BCUT2D eigenvalue weighted by Crippen LogP contribution is -2.31. The average molecular weight is 544 g/mol. The lowest BCUT2D eigenvalue weighted by Gasteiger charge is -2.29. The SMILES string of the molecule is CCc1nc2cc(Cl)ccn2c1C(=O)NCc1ccc2c(c1)CN(Cc1ccc(OC(F)(F)F)cn1)CC2. The Morgan fingerprint density at radius 3 is 2.74 bits per heavy atom. The molecular formula is C27H25ClF3N5O2. The van der Waals surface area contributed by atoms with Crippen molar-refractivity contribution >= 4 is 23.2 Å². The highest BCUT2D eigenvalue weighted by Crippen LogP contribution is 2.24. The zero-order valence-corrected chi connectivity index (χ0v) is 21.3. The van der Waals surface area contributed by atoms with Crippen LogP contribution in [0.3, 0.4) is 0 Å². The lowest BCUT2D eigenvalue weighted by atomic mass is 9.97. The molecule has 3 aromatic heterocycles. The van der Waals surface area contributed by atoms with E-state index in [1.54, 1.807) is 28.8 Å². The number of halogens is 4. The number of aryl methyl sites for hydroxylation is 1. The summed E-state index contributed by atoms with van der Waals surface area (Å²) in [6.45, 7) is 4.30. The molecule has 5 rings (SSSR count). The standard InChI is InChI=1S/C27H25ClF3N5O2/c1-2-23-25(36-10-8-20(28)12-24(36)34-23)26(37)33-13-17-3-4-18-7-9-35(15-19(18)11-17)16-21-5-6-22(14-32-21)38-27(29,30)31/h3-6,8,10-12,14H,2,7,9,13,15-16H2,1H3,(H,33,37). The van der Waals surface area contributed by atoms with Gasteiger partial charge in [-0.05, 0) is 47.7 Å². The van der Waals surface area contributed by atoms with E-state index in [9.17, 15) is 18.0 Å². The summed E-state index contributed by atoms with van der Waals surface area (Å²) in [7, 11) is 0. The molecule has 1 aromatic carbocycles. The summed E-state index contributed by atoms with van der Waals surface area (Å²) in [5.41, 5.74) is 5.86. The number of carbonyl (C=O) groups excluding carboxylic acids is 1. The van der Waals surface area contributed by atoms with Gasteiger partial charge in [-0.15, -0.1) is 13.2 Å². The average Bonchev–Trinajstić information content (AvgIpc) is 3.25. The fourth-order valence-electron chi connectivity index (χ4n) is 4.66. The number of nitrogens with one attached hydrogen (secondary N) is 1. The Morgan fingerprint density at radius 1 is 1.16 bits per heavy atom. The van der Waals surface area contributed by atoms with Crippen LogP contribution < -0.4 is 10.1 Å². The molecule has 4 heterocycles. The zero-order valence-electron chi connectivity index (χ0n) is 20.6. The van der Waals surface area contributed by atoms with Crippen LogP contribution in [-0.2, 0) is 32.5 Å². The highest BCUT2D eigenvalue weighted by atomic mass is 35.5. The number of pyridine rings is 2. The number of hydrogen-bond acceptors (Lipinski definition) is 5. The summed E-state index contributed by atoms with van der Waals surface area (Å²) >= 11 is 6.08. The Balaban J connectivity index is 1.23. The maximum Gasteiger partial charge on any atom is 0.573 e. The summed E-state index contributed by atoms with van der Waals surface area (Å²) in [6.07, 6.45) is -0.441. The van der Waals surface area contributed by atoms with Gasteiger partial charge in [0.2, 0.25) is 0 Å². The van der Waals surface area contributed by atoms with Crippen molar-refractivity contribution in [1.29, 1.82) is 0 Å². The molecule has 11 heteroatoms. The predicted molar refractivity (Wildman–Crippen MR) is 136 cm³/mol. The molecule has 38 heavy (non-hydrogen) atoms. The van der Waals surface area contributed by atoms with Crippen LogP contribution in [0.1, 0.15) is 45.5 Å². The minimum atomic E-state index is -4.74. The number of ether oxygens (including phenoxy) is 1. The molecule has 7 nitrogen and oxygen atoms in total. The third kappa shape index (κ3) is 5.92. The molecule has 0 aliphatic carbocycles. The maximum absolute atomic E-state index is 13.1. The predicted octanol–water partition coefficient (Wildman–Crippen LogP) is 5.33. The number of nitrogens with zero attached hydrogens (tertiary/aromatic N) is 4. The van der Waals surface area contributed by atoms with Gasteiger partial charge < -0.3 is 10.1 Å². The van der Waals surface area contributed by atoms with E-state index in [-0.39, 0.29) is 11.7 Å². The molecule has 0 saturated carbocycles. The molecule has 1 amide bonds. The smallest absolute Gasteiger partial charge is 0.404 e. The summed E-state index contributed by atoms with van der Waals surface area (Å²) < 4.78 is 42.8. The largest absolute Gasteiger partial charge is 0.573 e. The highest BCUT2D eigenvalue weighted by Gasteiger charge is 2.31. The number of benzene rings is 1. The quantitative estimate of drug-likeness (QED) is 0.341. The summed E-state index contributed by atoms with van der Waals surface area (Å²) in [6, 6.07) is 12.5. The second-order valence-electron chi connectivity index (χ2n) is 9.11. The Bertz CT molecular complexity index is 1470. The molecule has 1 aliphatic heterocycles. The minimum absolute atomic E-state index is 0.208. The van der Waals surface area contributed by atoms with E-state index in [4.69, 9.17) is 11.6 Å². The van der Waals surface area contributed by atoms with E-state index in [0.29, 0.717) is 53.8 Å². The van der Waals surface area contributed by atoms with Crippen molar-refractivity contribution in [1.82, 2.24) is 24.6 Å². The molecule has 0 saturated heterocycles. The molecule has 4 aromatic rings. The number of imidazole rings is 1. The van der Waals surface area contributed by atoms with Gasteiger partial charge >= 0.3 is 6.36 Å². The van der Waals surface area contributed by atoms with E-state index in [0.717, 1.165) is 30.3 Å². The van der Waals surface area contributed by atoms with Gasteiger partial charge in [0, 0.05) is 43.5 Å². The molecule has 0 fully saturated rings. The number of hydrogen-bond donors (Lipinski definition) is 1. The molecule has 1 N–H and O–H groups in total. The molecule has 0 radical (unpaired) electrons. The van der Waals surface area contributed by atoms with Crippen LogP contribution in [0.2, 0.25) is 5.02 Å². The van der Waals surface area contributed by atoms with E-state index >= 15 is 0 Å². The van der Waals surface area contributed by atoms with Crippen LogP contribution in [0.25, 0.3) is 5.65 Å². The third-order valence-corrected chi connectivity index (χ3v) is 6.68. The maximum atomic E-state index is 13.1. The van der Waals surface area contributed by atoms with Crippen LogP contribution in [-0.4, -0.2) is 38.1 Å². The van der Waals surface area contributed by atoms with Crippen molar-refractivity contribution in [3.05, 3.63) is 93.7 Å². The number of fused-ring (bicyclic) bond motifs is 2. The molecular weight excluding hydrogens is 519 g/mol. The van der Waals surface area contributed by atoms with Crippen molar-refractivity contribution in [3.63, 3.8) is 0 Å². The molecule has 0 spiro atoms. The number of alkyl halides is 3. The van der Waals surface area contributed by atoms with Gasteiger partial charge in [0.25, 0.3) is 5.91 Å². The van der Waals surface area contributed by atoms with E-state index in [1.807, 2.05) is 13.0 Å². The molecule has 198 valence electrons. The first-order chi connectivity index (χ1) is 18.2. The van der Waals surface area contributed by atoms with Crippen molar-refractivity contribution in [3.8, 4) is 5.75 Å². The first kappa shape index (κ1) is 26.0. The Labute approximate surface area is 222 Å². The van der Waals surface area contributed by atoms with Crippen LogP contribution in [0.15, 0.2) is 54.9 Å². The van der Waals surface area contributed by atoms with Gasteiger partial charge in [-0.25, -0.2) is 4.98 Å². The topological polar surface area (TPSA) is 71.8 Å². The van der Waals surface area contributed by atoms with Crippen LogP contribution in [0.4, 0.5) is 13.2 Å². The molecule has 0 unspecified atom stereocenters. The summed E-state index contributed by atoms with van der Waals surface area (Å²) in [5, 5.41) is 3.57. The monoisotopic (exact) mass is 543 g/mol. The minimum Gasteiger partial charge on any atom is -0.404 e. The summed E-state index contributed by atoms with van der Waals surface area (Å²) in [5.74, 6) is -0.546. The van der Waals surface area contributed by atoms with Crippen LogP contribution in [0.5, 0.6) is 5.75 Å². The number of aromatic nitrogens is 3. The Hall–Kier alpha value is -3.63. The van der Waals surface area contributed by atoms with Gasteiger partial charge in [-0.3, -0.25) is 19.1 Å². The van der Waals surface area contributed by atoms with Gasteiger partial charge in [0.05, 0.1) is 17.6 Å². The molecule has 1 aliphatic rings. The van der Waals surface area contributed by atoms with Gasteiger partial charge in [-0.2, -0.15) is 0 Å². The van der Waals surface area contributed by atoms with Crippen molar-refractivity contribution in [2.24, 2.45) is 0 Å². The van der Waals surface area contributed by atoms with Crippen LogP contribution in [0, 0.1) is 0 Å². The van der Waals surface area contributed by atoms with Gasteiger partial charge in [0.1, 0.15) is 17.1 Å². The lowest BCUT2D eigenvalue weighted by molar-refractivity contribution is -0.274. The van der Waals surface area contributed by atoms with Crippen molar-refractivity contribution in [2.75, 3.05) is 6.54 Å². The van der Waals surface area contributed by atoms with E-state index < -0.39 is 6.36 Å². The van der Waals surface area contributed by atoms with E-state index in [2.05, 4.69) is 37.1 Å². The number of amides is 1. The Kier molecular flexibility index (Phi) is 7.27. The normalized spacial score (nSPS) is 13.9. The molecule has 0 bridgehead atoms. The fraction of sp³-hybridized carbons (Fsp3) is 0.296. The highest BCUT2D eigenvalue weighted by molar-refractivity contribution is 6.30. The Morgan fingerprint density at radius 2 is 2.00 bits per heavy atom. The van der Waals surface area contributed by atoms with Gasteiger partial charge in [0.15, 0.2) is 0 Å². The number of rotatable bonds is 7. The van der Waals surface area contributed by atoms with Crippen molar-refractivity contribution < 1.29 is 22.7 Å². The van der Waals surface area contributed by atoms with Crippen molar-refractivity contribution in [2.45, 2.75) is 45.8 Å². The first-order valence-electron chi connectivity index (χ1n) is 12.2. The van der Waals surface area contributed by atoms with Gasteiger partial charge in [-0.1, -0.05) is 36.7 Å². The number of carbonyl (C=O) groups is 1. The van der Waals surface area contributed by atoms with E-state index in [1.165, 1.54) is 11.6 Å². The second-order valence-corrected chi connectivity index (χ2v) is 9.55.